The summed E-state index contributed by atoms with van der Waals surface area (Å²) in [5.41, 5.74) is 0. The van der Waals surface area contributed by atoms with E-state index in [1.54, 1.807) is 30.6 Å². The molecule has 0 aromatic carbocycles. The predicted molar refractivity (Wildman–Crippen MR) is 58.6 cm³/mol. The minimum Gasteiger partial charge on any atom is -0.454 e. The molecule has 0 N–H and O–H groups in total. The molecule has 2 aromatic heterocycles. The average molecular weight is 241 g/mol. The van der Waals surface area contributed by atoms with Crippen LogP contribution in [0.1, 0.15) is 0 Å². The molecule has 0 radical (unpaired) electrons. The van der Waals surface area contributed by atoms with E-state index >= 15 is 0 Å². The average Bonchev–Trinajstić information content (AvgIpc) is 2.25. The number of nitrogens with zero attached hydrogens (tertiary/aromatic N) is 2. The molecule has 0 saturated heterocycles. The summed E-state index contributed by atoms with van der Waals surface area (Å²) in [6.45, 7) is 0. The van der Waals surface area contributed by atoms with Crippen molar-refractivity contribution in [3.8, 4) is 11.5 Å². The standard InChI is InChI=1S/C10H6Cl2N2O/c11-8-6-14-10(12)4-9(8)15-7-2-1-3-13-5-7/h1-6H. The lowest BCUT2D eigenvalue weighted by Crippen LogP contribution is -1.87. The molecule has 2 heterocycles. The summed E-state index contributed by atoms with van der Waals surface area (Å²) in [6, 6.07) is 5.10. The molecule has 2 rings (SSSR count). The van der Waals surface area contributed by atoms with Crippen LogP contribution >= 0.6 is 23.2 Å². The molecular formula is C10H6Cl2N2O. The number of hydrogen-bond acceptors (Lipinski definition) is 3. The van der Waals surface area contributed by atoms with Crippen LogP contribution in [0.25, 0.3) is 0 Å². The van der Waals surface area contributed by atoms with E-state index in [0.717, 1.165) is 0 Å². The molecule has 76 valence electrons. The van der Waals surface area contributed by atoms with Gasteiger partial charge >= 0.3 is 0 Å². The molecule has 0 spiro atoms. The van der Waals surface area contributed by atoms with E-state index in [2.05, 4.69) is 9.97 Å². The third kappa shape index (κ3) is 2.58. The largest absolute Gasteiger partial charge is 0.454 e. The first-order chi connectivity index (χ1) is 7.25. The number of pyridine rings is 2. The number of ether oxygens (including phenoxy) is 1. The SMILES string of the molecule is Clc1cc(Oc2cccnc2)c(Cl)cn1. The Morgan fingerprint density at radius 1 is 1.20 bits per heavy atom. The second kappa shape index (κ2) is 4.47. The van der Waals surface area contributed by atoms with Gasteiger partial charge in [-0.3, -0.25) is 4.98 Å². The molecule has 0 saturated carbocycles. The van der Waals surface area contributed by atoms with Gasteiger partial charge in [0.2, 0.25) is 0 Å². The highest BCUT2D eigenvalue weighted by atomic mass is 35.5. The van der Waals surface area contributed by atoms with Crippen LogP contribution in [0.15, 0.2) is 36.8 Å². The van der Waals surface area contributed by atoms with Gasteiger partial charge in [0.15, 0.2) is 5.75 Å². The summed E-state index contributed by atoms with van der Waals surface area (Å²) in [5.74, 6) is 1.06. The molecule has 3 nitrogen and oxygen atoms in total. The van der Waals surface area contributed by atoms with Gasteiger partial charge in [0, 0.05) is 12.3 Å². The van der Waals surface area contributed by atoms with E-state index in [9.17, 15) is 0 Å². The summed E-state index contributed by atoms with van der Waals surface area (Å²) >= 11 is 11.6. The van der Waals surface area contributed by atoms with Gasteiger partial charge in [-0.25, -0.2) is 4.98 Å². The summed E-state index contributed by atoms with van der Waals surface area (Å²) in [5, 5.41) is 0.738. The molecule has 0 fully saturated rings. The lowest BCUT2D eigenvalue weighted by molar-refractivity contribution is 0.480. The second-order valence-electron chi connectivity index (χ2n) is 2.73. The van der Waals surface area contributed by atoms with Crippen molar-refractivity contribution in [2.75, 3.05) is 0 Å². The highest BCUT2D eigenvalue weighted by molar-refractivity contribution is 6.33. The van der Waals surface area contributed by atoms with Crippen LogP contribution in [0.4, 0.5) is 0 Å². The van der Waals surface area contributed by atoms with Crippen LogP contribution < -0.4 is 4.74 Å². The van der Waals surface area contributed by atoms with Crippen molar-refractivity contribution in [1.29, 1.82) is 0 Å². The van der Waals surface area contributed by atoms with Gasteiger partial charge in [-0.1, -0.05) is 23.2 Å². The van der Waals surface area contributed by atoms with Crippen molar-refractivity contribution in [3.05, 3.63) is 47.0 Å². The van der Waals surface area contributed by atoms with Crippen LogP contribution in [0.5, 0.6) is 11.5 Å². The molecule has 0 aliphatic rings. The third-order valence-electron chi connectivity index (χ3n) is 1.65. The predicted octanol–water partition coefficient (Wildman–Crippen LogP) is 3.58. The lowest BCUT2D eigenvalue weighted by atomic mass is 10.4. The molecule has 15 heavy (non-hydrogen) atoms. The number of halogens is 2. The second-order valence-corrected chi connectivity index (χ2v) is 3.52. The normalized spacial score (nSPS) is 10.0. The Morgan fingerprint density at radius 3 is 2.80 bits per heavy atom. The first kappa shape index (κ1) is 10.2. The fourth-order valence-electron chi connectivity index (χ4n) is 1.01. The monoisotopic (exact) mass is 240 g/mol. The molecule has 0 aliphatic heterocycles. The first-order valence-electron chi connectivity index (χ1n) is 4.14. The van der Waals surface area contributed by atoms with E-state index in [4.69, 9.17) is 27.9 Å². The van der Waals surface area contributed by atoms with Gasteiger partial charge in [-0.15, -0.1) is 0 Å². The molecular weight excluding hydrogens is 235 g/mol. The minimum atomic E-state index is 0.332. The maximum atomic E-state index is 5.88. The molecule has 0 bridgehead atoms. The van der Waals surface area contributed by atoms with E-state index in [0.29, 0.717) is 21.7 Å². The Labute approximate surface area is 96.6 Å². The third-order valence-corrected chi connectivity index (χ3v) is 2.14. The van der Waals surface area contributed by atoms with Gasteiger partial charge in [-0.05, 0) is 12.1 Å². The Morgan fingerprint density at radius 2 is 2.07 bits per heavy atom. The molecule has 0 aliphatic carbocycles. The van der Waals surface area contributed by atoms with Crippen LogP contribution in [-0.4, -0.2) is 9.97 Å². The van der Waals surface area contributed by atoms with E-state index in [1.807, 2.05) is 0 Å². The van der Waals surface area contributed by atoms with E-state index in [-0.39, 0.29) is 0 Å². The van der Waals surface area contributed by atoms with Crippen molar-refractivity contribution in [2.24, 2.45) is 0 Å². The van der Waals surface area contributed by atoms with Crippen LogP contribution in [0.2, 0.25) is 10.2 Å². The molecule has 5 heteroatoms. The lowest BCUT2D eigenvalue weighted by Gasteiger charge is -2.06. The molecule has 0 atom stereocenters. The highest BCUT2D eigenvalue weighted by Crippen LogP contribution is 2.29. The number of hydrogen-bond donors (Lipinski definition) is 0. The number of rotatable bonds is 2. The van der Waals surface area contributed by atoms with Crippen molar-refractivity contribution >= 4 is 23.2 Å². The molecule has 0 unspecified atom stereocenters. The van der Waals surface area contributed by atoms with Crippen LogP contribution in [0.3, 0.4) is 0 Å². The Hall–Kier alpha value is -1.32. The van der Waals surface area contributed by atoms with Gasteiger partial charge in [0.05, 0.1) is 12.4 Å². The zero-order chi connectivity index (χ0) is 10.7. The zero-order valence-electron chi connectivity index (χ0n) is 7.52. The van der Waals surface area contributed by atoms with E-state index < -0.39 is 0 Å². The first-order valence-corrected chi connectivity index (χ1v) is 4.90. The summed E-state index contributed by atoms with van der Waals surface area (Å²) in [4.78, 5) is 7.74. The van der Waals surface area contributed by atoms with Gasteiger partial charge < -0.3 is 4.74 Å². The van der Waals surface area contributed by atoms with Crippen molar-refractivity contribution in [3.63, 3.8) is 0 Å². The minimum absolute atomic E-state index is 0.332. The van der Waals surface area contributed by atoms with Crippen molar-refractivity contribution < 1.29 is 4.74 Å². The Kier molecular flexibility index (Phi) is 3.04. The van der Waals surface area contributed by atoms with Crippen molar-refractivity contribution in [2.45, 2.75) is 0 Å². The maximum absolute atomic E-state index is 5.88. The summed E-state index contributed by atoms with van der Waals surface area (Å²) < 4.78 is 5.47. The topological polar surface area (TPSA) is 35.0 Å². The zero-order valence-corrected chi connectivity index (χ0v) is 9.03. The van der Waals surface area contributed by atoms with Crippen LogP contribution in [-0.2, 0) is 0 Å². The molecule has 2 aromatic rings. The fraction of sp³-hybridized carbons (Fsp3) is 0. The summed E-state index contributed by atoms with van der Waals surface area (Å²) in [7, 11) is 0. The molecule has 0 amide bonds. The van der Waals surface area contributed by atoms with Gasteiger partial charge in [0.1, 0.15) is 15.9 Å². The number of aromatic nitrogens is 2. The van der Waals surface area contributed by atoms with Crippen LogP contribution in [0, 0.1) is 0 Å². The Bertz CT molecular complexity index is 462. The van der Waals surface area contributed by atoms with Crippen molar-refractivity contribution in [1.82, 2.24) is 9.97 Å². The smallest absolute Gasteiger partial charge is 0.150 e. The maximum Gasteiger partial charge on any atom is 0.150 e. The summed E-state index contributed by atoms with van der Waals surface area (Å²) in [6.07, 6.45) is 4.69. The quantitative estimate of drug-likeness (QED) is 0.753. The van der Waals surface area contributed by atoms with E-state index in [1.165, 1.54) is 6.20 Å². The fourth-order valence-corrected chi connectivity index (χ4v) is 1.30. The van der Waals surface area contributed by atoms with Gasteiger partial charge in [0.25, 0.3) is 0 Å². The van der Waals surface area contributed by atoms with Gasteiger partial charge in [-0.2, -0.15) is 0 Å². The highest BCUT2D eigenvalue weighted by Gasteiger charge is 2.04. The Balaban J connectivity index is 2.28.